The highest BCUT2D eigenvalue weighted by atomic mass is 16.5. The minimum atomic E-state index is -0.389. The third kappa shape index (κ3) is 5.85. The highest BCUT2D eigenvalue weighted by molar-refractivity contribution is 5.96. The molecule has 0 saturated carbocycles. The lowest BCUT2D eigenvalue weighted by molar-refractivity contribution is -0.118. The molecule has 0 spiro atoms. The second-order valence-electron chi connectivity index (χ2n) is 5.66. The molecule has 7 heteroatoms. The summed E-state index contributed by atoms with van der Waals surface area (Å²) in [5.74, 6) is 0.258. The molecule has 0 atom stereocenters. The molecule has 2 rings (SSSR count). The van der Waals surface area contributed by atoms with Gasteiger partial charge in [0.25, 0.3) is 11.8 Å². The summed E-state index contributed by atoms with van der Waals surface area (Å²) in [4.78, 5) is 34.7. The Bertz CT molecular complexity index is 803. The zero-order valence-corrected chi connectivity index (χ0v) is 15.3. The van der Waals surface area contributed by atoms with Crippen LogP contribution in [-0.4, -0.2) is 38.4 Å². The van der Waals surface area contributed by atoms with Crippen molar-refractivity contribution in [3.05, 3.63) is 53.6 Å². The van der Waals surface area contributed by atoms with Crippen LogP contribution in [0.4, 0.5) is 5.69 Å². The first-order valence-electron chi connectivity index (χ1n) is 8.54. The van der Waals surface area contributed by atoms with E-state index in [-0.39, 0.29) is 24.2 Å². The third-order valence-electron chi connectivity index (χ3n) is 3.60. The number of amides is 2. The van der Waals surface area contributed by atoms with Crippen LogP contribution in [0, 0.1) is 0 Å². The standard InChI is InChI=1S/C20H22N2O5/c1-3-10-26-17-9-6-15(12-23)18(11-17)27-13-19(24)22-16-7-4-14(5-8-16)20(25)21-2/h4-9,11-12H,3,10,13H2,1-2H3,(H,21,25)(H,22,24). The van der Waals surface area contributed by atoms with Gasteiger partial charge in [0.15, 0.2) is 12.9 Å². The second-order valence-corrected chi connectivity index (χ2v) is 5.66. The van der Waals surface area contributed by atoms with Crippen LogP contribution in [0.15, 0.2) is 42.5 Å². The molecule has 0 aliphatic rings. The fourth-order valence-electron chi connectivity index (χ4n) is 2.24. The fourth-order valence-corrected chi connectivity index (χ4v) is 2.24. The van der Waals surface area contributed by atoms with Gasteiger partial charge in [-0.05, 0) is 42.8 Å². The summed E-state index contributed by atoms with van der Waals surface area (Å²) in [6, 6.07) is 11.3. The number of nitrogens with one attached hydrogen (secondary N) is 2. The van der Waals surface area contributed by atoms with Gasteiger partial charge in [-0.2, -0.15) is 0 Å². The molecule has 0 aliphatic carbocycles. The highest BCUT2D eigenvalue weighted by Gasteiger charge is 2.10. The van der Waals surface area contributed by atoms with Gasteiger partial charge in [-0.1, -0.05) is 6.92 Å². The Morgan fingerprint density at radius 3 is 2.44 bits per heavy atom. The highest BCUT2D eigenvalue weighted by Crippen LogP contribution is 2.24. The molecular weight excluding hydrogens is 348 g/mol. The van der Waals surface area contributed by atoms with Gasteiger partial charge in [0.1, 0.15) is 11.5 Å². The summed E-state index contributed by atoms with van der Waals surface area (Å²) in [5.41, 5.74) is 1.36. The molecule has 0 saturated heterocycles. The zero-order valence-electron chi connectivity index (χ0n) is 15.3. The van der Waals surface area contributed by atoms with E-state index in [2.05, 4.69) is 10.6 Å². The minimum absolute atomic E-state index is 0.206. The Morgan fingerprint density at radius 1 is 1.07 bits per heavy atom. The van der Waals surface area contributed by atoms with Crippen LogP contribution in [0.5, 0.6) is 11.5 Å². The molecule has 0 bridgehead atoms. The van der Waals surface area contributed by atoms with Gasteiger partial charge in [-0.15, -0.1) is 0 Å². The molecule has 0 aliphatic heterocycles. The van der Waals surface area contributed by atoms with Crippen LogP contribution in [-0.2, 0) is 4.79 Å². The number of rotatable bonds is 9. The van der Waals surface area contributed by atoms with Gasteiger partial charge in [0, 0.05) is 24.4 Å². The normalized spacial score (nSPS) is 10.0. The van der Waals surface area contributed by atoms with Gasteiger partial charge < -0.3 is 20.1 Å². The van der Waals surface area contributed by atoms with Crippen molar-refractivity contribution in [2.75, 3.05) is 25.6 Å². The summed E-state index contributed by atoms with van der Waals surface area (Å²) in [7, 11) is 1.55. The van der Waals surface area contributed by atoms with Gasteiger partial charge in [-0.25, -0.2) is 0 Å². The lowest BCUT2D eigenvalue weighted by Gasteiger charge is -2.11. The topological polar surface area (TPSA) is 93.7 Å². The number of carbonyl (C=O) groups is 3. The van der Waals surface area contributed by atoms with Gasteiger partial charge in [0.05, 0.1) is 12.2 Å². The summed E-state index contributed by atoms with van der Waals surface area (Å²) in [6.07, 6.45) is 1.51. The SMILES string of the molecule is CCCOc1ccc(C=O)c(OCC(=O)Nc2ccc(C(=O)NC)cc2)c1. The monoisotopic (exact) mass is 370 g/mol. The lowest BCUT2D eigenvalue weighted by atomic mass is 10.2. The Balaban J connectivity index is 1.96. The van der Waals surface area contributed by atoms with E-state index in [9.17, 15) is 14.4 Å². The number of ether oxygens (including phenoxy) is 2. The van der Waals surface area contributed by atoms with Crippen LogP contribution >= 0.6 is 0 Å². The van der Waals surface area contributed by atoms with Crippen molar-refractivity contribution in [1.29, 1.82) is 0 Å². The average molecular weight is 370 g/mol. The van der Waals surface area contributed by atoms with E-state index >= 15 is 0 Å². The smallest absolute Gasteiger partial charge is 0.262 e. The minimum Gasteiger partial charge on any atom is -0.493 e. The van der Waals surface area contributed by atoms with E-state index < -0.39 is 0 Å². The maximum atomic E-state index is 12.1. The van der Waals surface area contributed by atoms with Gasteiger partial charge >= 0.3 is 0 Å². The first-order valence-corrected chi connectivity index (χ1v) is 8.54. The maximum absolute atomic E-state index is 12.1. The Morgan fingerprint density at radius 2 is 1.81 bits per heavy atom. The molecule has 2 aromatic rings. The predicted octanol–water partition coefficient (Wildman–Crippen LogP) is 2.67. The fraction of sp³-hybridized carbons (Fsp3) is 0.250. The van der Waals surface area contributed by atoms with Crippen molar-refractivity contribution >= 4 is 23.8 Å². The summed E-state index contributed by atoms with van der Waals surface area (Å²) in [6.45, 7) is 2.27. The van der Waals surface area contributed by atoms with Gasteiger partial charge in [-0.3, -0.25) is 14.4 Å². The maximum Gasteiger partial charge on any atom is 0.262 e. The van der Waals surface area contributed by atoms with E-state index in [0.717, 1.165) is 6.42 Å². The van der Waals surface area contributed by atoms with E-state index in [1.165, 1.54) is 0 Å². The first-order chi connectivity index (χ1) is 13.1. The van der Waals surface area contributed by atoms with Crippen LogP contribution < -0.4 is 20.1 Å². The van der Waals surface area contributed by atoms with Crippen molar-refractivity contribution in [2.24, 2.45) is 0 Å². The number of carbonyl (C=O) groups excluding carboxylic acids is 3. The Hall–Kier alpha value is -3.35. The van der Waals surface area contributed by atoms with E-state index in [0.29, 0.717) is 35.5 Å². The molecular formula is C20H22N2O5. The average Bonchev–Trinajstić information content (AvgIpc) is 2.70. The Labute approximate surface area is 157 Å². The van der Waals surface area contributed by atoms with Crippen molar-refractivity contribution in [3.63, 3.8) is 0 Å². The number of benzene rings is 2. The molecule has 0 fully saturated rings. The lowest BCUT2D eigenvalue weighted by Crippen LogP contribution is -2.21. The molecule has 0 unspecified atom stereocenters. The number of aldehydes is 1. The van der Waals surface area contributed by atoms with E-state index in [1.54, 1.807) is 49.5 Å². The Kier molecular flexibility index (Phi) is 7.37. The van der Waals surface area contributed by atoms with Crippen molar-refractivity contribution in [3.8, 4) is 11.5 Å². The van der Waals surface area contributed by atoms with E-state index in [1.807, 2.05) is 6.92 Å². The molecule has 7 nitrogen and oxygen atoms in total. The second kappa shape index (κ2) is 9.96. The summed E-state index contributed by atoms with van der Waals surface area (Å²) < 4.78 is 11.0. The molecule has 2 aromatic carbocycles. The van der Waals surface area contributed by atoms with Crippen molar-refractivity contribution in [1.82, 2.24) is 5.32 Å². The molecule has 0 aromatic heterocycles. The molecule has 2 amide bonds. The van der Waals surface area contributed by atoms with Crippen molar-refractivity contribution in [2.45, 2.75) is 13.3 Å². The van der Waals surface area contributed by atoms with Crippen LogP contribution in [0.25, 0.3) is 0 Å². The number of anilines is 1. The molecule has 27 heavy (non-hydrogen) atoms. The molecule has 142 valence electrons. The third-order valence-corrected chi connectivity index (χ3v) is 3.60. The summed E-state index contributed by atoms with van der Waals surface area (Å²) >= 11 is 0. The van der Waals surface area contributed by atoms with Crippen LogP contribution in [0.2, 0.25) is 0 Å². The zero-order chi connectivity index (χ0) is 19.6. The van der Waals surface area contributed by atoms with Crippen LogP contribution in [0.1, 0.15) is 34.1 Å². The molecule has 0 heterocycles. The van der Waals surface area contributed by atoms with Gasteiger partial charge in [0.2, 0.25) is 0 Å². The van der Waals surface area contributed by atoms with Crippen molar-refractivity contribution < 1.29 is 23.9 Å². The number of hydrogen-bond acceptors (Lipinski definition) is 5. The molecule has 0 radical (unpaired) electrons. The largest absolute Gasteiger partial charge is 0.493 e. The van der Waals surface area contributed by atoms with Crippen LogP contribution in [0.3, 0.4) is 0 Å². The van der Waals surface area contributed by atoms with E-state index in [4.69, 9.17) is 9.47 Å². The molecule has 2 N–H and O–H groups in total. The quantitative estimate of drug-likeness (QED) is 0.662. The number of hydrogen-bond donors (Lipinski definition) is 2. The predicted molar refractivity (Wildman–Crippen MR) is 102 cm³/mol. The first kappa shape index (κ1) is 20.0. The summed E-state index contributed by atoms with van der Waals surface area (Å²) in [5, 5.41) is 5.19.